The van der Waals surface area contributed by atoms with Gasteiger partial charge in [-0.1, -0.05) is 91.0 Å². The Morgan fingerprint density at radius 1 is 0.756 bits per heavy atom. The molecule has 1 aromatic heterocycles. The Kier molecular flexibility index (Phi) is 10.3. The Morgan fingerprint density at radius 3 is 1.76 bits per heavy atom. The summed E-state index contributed by atoms with van der Waals surface area (Å²) < 4.78 is 38.4. The Balaban J connectivity index is 1.40. The predicted molar refractivity (Wildman–Crippen MR) is 150 cm³/mol. The molecule has 0 radical (unpaired) electrons. The zero-order valence-electron chi connectivity index (χ0n) is 22.9. The highest BCUT2D eigenvalue weighted by atomic mass is 16.7. The van der Waals surface area contributed by atoms with E-state index in [-0.39, 0.29) is 6.61 Å². The van der Waals surface area contributed by atoms with Crippen molar-refractivity contribution in [1.29, 1.82) is 0 Å². The number of methoxy groups -OCH3 is 1. The van der Waals surface area contributed by atoms with E-state index >= 15 is 0 Å². The minimum Gasteiger partial charge on any atom is -0.446 e. The first-order chi connectivity index (χ1) is 20.2. The molecule has 1 saturated heterocycles. The lowest BCUT2D eigenvalue weighted by Crippen LogP contribution is -2.61. The smallest absolute Gasteiger partial charge is 0.419 e. The van der Waals surface area contributed by atoms with E-state index in [0.717, 1.165) is 16.7 Å². The molecule has 1 aliphatic rings. The van der Waals surface area contributed by atoms with Crippen LogP contribution >= 0.6 is 0 Å². The molecule has 9 nitrogen and oxygen atoms in total. The van der Waals surface area contributed by atoms with Crippen LogP contribution in [0.2, 0.25) is 0 Å². The van der Waals surface area contributed by atoms with E-state index in [9.17, 15) is 4.79 Å². The van der Waals surface area contributed by atoms with Gasteiger partial charge in [-0.05, 0) is 16.7 Å². The first-order valence-electron chi connectivity index (χ1n) is 13.5. The zero-order chi connectivity index (χ0) is 28.3. The van der Waals surface area contributed by atoms with Gasteiger partial charge in [0, 0.05) is 19.5 Å². The second-order valence-electron chi connectivity index (χ2n) is 9.61. The average molecular weight is 559 g/mol. The Hall–Kier alpha value is -3.86. The van der Waals surface area contributed by atoms with Crippen LogP contribution in [0.4, 0.5) is 4.79 Å². The normalized spacial score (nSPS) is 22.3. The molecule has 1 fully saturated rings. The van der Waals surface area contributed by atoms with E-state index in [2.05, 4.69) is 4.98 Å². The van der Waals surface area contributed by atoms with Gasteiger partial charge in [0.1, 0.15) is 37.4 Å². The molecule has 5 rings (SSSR count). The summed E-state index contributed by atoms with van der Waals surface area (Å²) in [6.45, 7) is 0.855. The van der Waals surface area contributed by atoms with Crippen LogP contribution in [-0.4, -0.2) is 60.1 Å². The minimum atomic E-state index is -0.798. The van der Waals surface area contributed by atoms with E-state index in [1.54, 1.807) is 7.11 Å². The predicted octanol–water partition coefficient (Wildman–Crippen LogP) is 5.00. The second kappa shape index (κ2) is 14.7. The Bertz CT molecular complexity index is 1310. The van der Waals surface area contributed by atoms with Crippen molar-refractivity contribution < 1.29 is 33.2 Å². The van der Waals surface area contributed by atoms with Crippen LogP contribution in [0, 0.1) is 0 Å². The van der Waals surface area contributed by atoms with Crippen LogP contribution in [0.5, 0.6) is 0 Å². The average Bonchev–Trinajstić information content (AvgIpc) is 3.58. The number of hydrogen-bond acceptors (Lipinski definition) is 8. The topological polar surface area (TPSA) is 90.3 Å². The molecule has 0 bridgehead atoms. The molecule has 0 unspecified atom stereocenters. The first-order valence-corrected chi connectivity index (χ1v) is 13.5. The number of carbonyl (C=O) groups excluding carboxylic acids is 1. The van der Waals surface area contributed by atoms with Crippen molar-refractivity contribution in [2.24, 2.45) is 0 Å². The lowest BCUT2D eigenvalue weighted by atomic mass is 9.98. The molecule has 1 aliphatic heterocycles. The molecule has 0 spiro atoms. The van der Waals surface area contributed by atoms with Crippen LogP contribution in [-0.2, 0) is 48.2 Å². The third-order valence-electron chi connectivity index (χ3n) is 6.77. The molecule has 0 amide bonds. The first kappa shape index (κ1) is 28.7. The van der Waals surface area contributed by atoms with Crippen LogP contribution in [0.3, 0.4) is 0 Å². The van der Waals surface area contributed by atoms with Crippen molar-refractivity contribution in [3.8, 4) is 0 Å². The van der Waals surface area contributed by atoms with Gasteiger partial charge >= 0.3 is 6.09 Å². The number of hydrogen-bond donors (Lipinski definition) is 0. The molecule has 2 heterocycles. The number of aromatic nitrogens is 2. The summed E-state index contributed by atoms with van der Waals surface area (Å²) in [6.07, 6.45) is 0.431. The van der Waals surface area contributed by atoms with Crippen LogP contribution in [0.1, 0.15) is 16.7 Å². The van der Waals surface area contributed by atoms with Crippen molar-refractivity contribution in [2.45, 2.75) is 50.5 Å². The molecule has 4 aromatic rings. The van der Waals surface area contributed by atoms with Crippen LogP contribution in [0.25, 0.3) is 0 Å². The van der Waals surface area contributed by atoms with Crippen molar-refractivity contribution in [3.63, 3.8) is 0 Å². The van der Waals surface area contributed by atoms with Gasteiger partial charge in [-0.15, -0.1) is 0 Å². The standard InChI is InChI=1S/C32H34N2O7/c1-36-31-30(39-21-26-15-9-4-10-16-26)29(38-20-25-13-7-3-8-14-25)28(37-19-24-11-5-2-6-12-24)27(41-31)22-40-32(35)34-18-17-33-23-34/h2-18,23,27-31H,19-22H2,1H3/t27-,28-,29+,30-,31+/m1/s1. The maximum atomic E-state index is 12.6. The van der Waals surface area contributed by atoms with Crippen molar-refractivity contribution in [2.75, 3.05) is 13.7 Å². The molecular formula is C32H34N2O7. The number of ether oxygens (including phenoxy) is 6. The number of imidazole rings is 1. The lowest BCUT2D eigenvalue weighted by Gasteiger charge is -2.45. The third-order valence-corrected chi connectivity index (χ3v) is 6.77. The van der Waals surface area contributed by atoms with Gasteiger partial charge in [-0.2, -0.15) is 0 Å². The molecule has 0 aliphatic carbocycles. The molecule has 3 aromatic carbocycles. The molecular weight excluding hydrogens is 524 g/mol. The number of nitrogens with zero attached hydrogens (tertiary/aromatic N) is 2. The summed E-state index contributed by atoms with van der Waals surface area (Å²) in [7, 11) is 1.55. The van der Waals surface area contributed by atoms with Crippen molar-refractivity contribution >= 4 is 6.09 Å². The van der Waals surface area contributed by atoms with Crippen LogP contribution in [0.15, 0.2) is 110 Å². The van der Waals surface area contributed by atoms with Crippen molar-refractivity contribution in [1.82, 2.24) is 9.55 Å². The highest BCUT2D eigenvalue weighted by Crippen LogP contribution is 2.31. The minimum absolute atomic E-state index is 0.0903. The summed E-state index contributed by atoms with van der Waals surface area (Å²) in [6, 6.07) is 29.6. The fourth-order valence-corrected chi connectivity index (χ4v) is 4.66. The summed E-state index contributed by atoms with van der Waals surface area (Å²) >= 11 is 0. The van der Waals surface area contributed by atoms with Gasteiger partial charge in [-0.3, -0.25) is 0 Å². The zero-order valence-corrected chi connectivity index (χ0v) is 22.9. The molecule has 214 valence electrons. The van der Waals surface area contributed by atoms with Gasteiger partial charge in [0.05, 0.1) is 19.8 Å². The van der Waals surface area contributed by atoms with E-state index < -0.39 is 36.8 Å². The highest BCUT2D eigenvalue weighted by molar-refractivity contribution is 5.69. The highest BCUT2D eigenvalue weighted by Gasteiger charge is 2.49. The number of carbonyl (C=O) groups is 1. The monoisotopic (exact) mass is 558 g/mol. The third kappa shape index (κ3) is 7.87. The van der Waals surface area contributed by atoms with Gasteiger partial charge in [0.25, 0.3) is 0 Å². The molecule has 0 saturated carbocycles. The van der Waals surface area contributed by atoms with Crippen molar-refractivity contribution in [3.05, 3.63) is 126 Å². The Labute approximate surface area is 239 Å². The fourth-order valence-electron chi connectivity index (χ4n) is 4.66. The maximum Gasteiger partial charge on any atom is 0.419 e. The SMILES string of the molecule is CO[C@H]1O[C@H](COC(=O)n2ccnc2)[C@@H](OCc2ccccc2)[C@H](OCc2ccccc2)[C@H]1OCc1ccccc1. The maximum absolute atomic E-state index is 12.6. The van der Waals surface area contributed by atoms with E-state index in [4.69, 9.17) is 28.4 Å². The summed E-state index contributed by atoms with van der Waals surface area (Å²) in [5.74, 6) is 0. The van der Waals surface area contributed by atoms with E-state index in [1.165, 1.54) is 23.3 Å². The molecule has 9 heteroatoms. The number of benzene rings is 3. The van der Waals surface area contributed by atoms with Gasteiger partial charge < -0.3 is 28.4 Å². The molecule has 0 N–H and O–H groups in total. The Morgan fingerprint density at radius 2 is 1.27 bits per heavy atom. The summed E-state index contributed by atoms with van der Waals surface area (Å²) in [5.41, 5.74) is 2.99. The van der Waals surface area contributed by atoms with Gasteiger partial charge in [0.15, 0.2) is 6.29 Å². The van der Waals surface area contributed by atoms with Gasteiger partial charge in [0.2, 0.25) is 0 Å². The molecule has 5 atom stereocenters. The van der Waals surface area contributed by atoms with Gasteiger partial charge in [-0.25, -0.2) is 14.3 Å². The summed E-state index contributed by atoms with van der Waals surface area (Å²) in [4.78, 5) is 16.5. The fraction of sp³-hybridized carbons (Fsp3) is 0.312. The van der Waals surface area contributed by atoms with Crippen LogP contribution < -0.4 is 0 Å². The quantitative estimate of drug-likeness (QED) is 0.240. The lowest BCUT2D eigenvalue weighted by molar-refractivity contribution is -0.321. The largest absolute Gasteiger partial charge is 0.446 e. The van der Waals surface area contributed by atoms with E-state index in [0.29, 0.717) is 19.8 Å². The molecule has 41 heavy (non-hydrogen) atoms. The second-order valence-corrected chi connectivity index (χ2v) is 9.61. The number of rotatable bonds is 12. The summed E-state index contributed by atoms with van der Waals surface area (Å²) in [5, 5.41) is 0. The van der Waals surface area contributed by atoms with E-state index in [1.807, 2.05) is 91.0 Å².